The van der Waals surface area contributed by atoms with E-state index in [2.05, 4.69) is 0 Å². The van der Waals surface area contributed by atoms with Crippen molar-refractivity contribution >= 4 is 17.4 Å². The van der Waals surface area contributed by atoms with Crippen LogP contribution in [-0.4, -0.2) is 42.0 Å². The van der Waals surface area contributed by atoms with Crippen molar-refractivity contribution in [2.24, 2.45) is 0 Å². The topological polar surface area (TPSA) is 89.2 Å². The molecule has 7 nitrogen and oxygen atoms in total. The van der Waals surface area contributed by atoms with Gasteiger partial charge in [0.2, 0.25) is 0 Å². The average molecular weight is 476 g/mol. The third-order valence-corrected chi connectivity index (χ3v) is 6.06. The van der Waals surface area contributed by atoms with Crippen LogP contribution in [0.2, 0.25) is 0 Å². The van der Waals surface area contributed by atoms with E-state index in [4.69, 9.17) is 13.9 Å². The van der Waals surface area contributed by atoms with Gasteiger partial charge < -0.3 is 23.9 Å². The number of ether oxygens (including phenoxy) is 2. The number of ketones is 1. The summed E-state index contributed by atoms with van der Waals surface area (Å²) in [6, 6.07) is 15.3. The standard InChI is InChI=1S/C28H29NO6/c1-4-15-34-22-12-9-20(17-18(22)2)26(30)24-25(23-6-5-16-35-23)29(28(32)27(24)31)14-13-19-7-10-21(33-3)11-8-19/h5-12,16-17,25,30H,4,13-15H2,1-3H3/b26-24-. The van der Waals surface area contributed by atoms with Crippen molar-refractivity contribution in [3.05, 3.63) is 88.9 Å². The minimum atomic E-state index is -0.820. The molecule has 2 heterocycles. The number of methoxy groups -OCH3 is 1. The summed E-state index contributed by atoms with van der Waals surface area (Å²) in [6.07, 6.45) is 2.89. The van der Waals surface area contributed by atoms with Crippen LogP contribution in [0.3, 0.4) is 0 Å². The number of aryl methyl sites for hydroxylation is 1. The quantitative estimate of drug-likeness (QED) is 0.265. The first-order valence-corrected chi connectivity index (χ1v) is 11.6. The number of hydrogen-bond donors (Lipinski definition) is 1. The summed E-state index contributed by atoms with van der Waals surface area (Å²) in [6.45, 7) is 4.77. The second kappa shape index (κ2) is 10.5. The van der Waals surface area contributed by atoms with Crippen LogP contribution >= 0.6 is 0 Å². The highest BCUT2D eigenvalue weighted by Gasteiger charge is 2.47. The second-order valence-electron chi connectivity index (χ2n) is 8.43. The maximum atomic E-state index is 13.1. The van der Waals surface area contributed by atoms with E-state index in [0.717, 1.165) is 23.3 Å². The van der Waals surface area contributed by atoms with Gasteiger partial charge in [-0.1, -0.05) is 19.1 Å². The van der Waals surface area contributed by atoms with Crippen molar-refractivity contribution in [1.29, 1.82) is 0 Å². The van der Waals surface area contributed by atoms with Crippen LogP contribution in [0.25, 0.3) is 5.76 Å². The number of furan rings is 1. The van der Waals surface area contributed by atoms with Gasteiger partial charge >= 0.3 is 0 Å². The Morgan fingerprint density at radius 1 is 1.11 bits per heavy atom. The predicted octanol–water partition coefficient (Wildman–Crippen LogP) is 5.05. The summed E-state index contributed by atoms with van der Waals surface area (Å²) in [7, 11) is 1.60. The van der Waals surface area contributed by atoms with Gasteiger partial charge in [-0.3, -0.25) is 9.59 Å². The van der Waals surface area contributed by atoms with E-state index < -0.39 is 17.7 Å². The Morgan fingerprint density at radius 3 is 2.51 bits per heavy atom. The molecule has 1 N–H and O–H groups in total. The van der Waals surface area contributed by atoms with Gasteiger partial charge in [-0.25, -0.2) is 0 Å². The highest BCUT2D eigenvalue weighted by Crippen LogP contribution is 2.40. The Morgan fingerprint density at radius 2 is 1.89 bits per heavy atom. The maximum Gasteiger partial charge on any atom is 0.295 e. The molecular formula is C28H29NO6. The largest absolute Gasteiger partial charge is 0.507 e. The summed E-state index contributed by atoms with van der Waals surface area (Å²) < 4.78 is 16.5. The Hall–Kier alpha value is -4.00. The Kier molecular flexibility index (Phi) is 7.25. The normalized spacial score (nSPS) is 17.1. The average Bonchev–Trinajstić information content (AvgIpc) is 3.49. The first kappa shape index (κ1) is 24.1. The molecule has 0 aliphatic carbocycles. The lowest BCUT2D eigenvalue weighted by Crippen LogP contribution is -2.31. The van der Waals surface area contributed by atoms with Gasteiger partial charge in [-0.2, -0.15) is 0 Å². The summed E-state index contributed by atoms with van der Waals surface area (Å²) in [5, 5.41) is 11.2. The summed E-state index contributed by atoms with van der Waals surface area (Å²) in [5.41, 5.74) is 2.27. The summed E-state index contributed by atoms with van der Waals surface area (Å²) in [4.78, 5) is 27.7. The van der Waals surface area contributed by atoms with Crippen molar-refractivity contribution < 1.29 is 28.6 Å². The minimum Gasteiger partial charge on any atom is -0.507 e. The number of nitrogens with zero attached hydrogens (tertiary/aromatic N) is 1. The first-order chi connectivity index (χ1) is 16.9. The van der Waals surface area contributed by atoms with Crippen LogP contribution in [0.4, 0.5) is 0 Å². The molecule has 182 valence electrons. The summed E-state index contributed by atoms with van der Waals surface area (Å²) >= 11 is 0. The lowest BCUT2D eigenvalue weighted by molar-refractivity contribution is -0.140. The van der Waals surface area contributed by atoms with E-state index in [1.165, 1.54) is 11.2 Å². The first-order valence-electron chi connectivity index (χ1n) is 11.6. The maximum absolute atomic E-state index is 13.1. The SMILES string of the molecule is CCCOc1ccc(/C(O)=C2/C(=O)C(=O)N(CCc3ccc(OC)cc3)C2c2ccco2)cc1C. The van der Waals surface area contributed by atoms with Gasteiger partial charge in [0, 0.05) is 12.1 Å². The molecular weight excluding hydrogens is 446 g/mol. The highest BCUT2D eigenvalue weighted by molar-refractivity contribution is 6.46. The fraction of sp³-hybridized carbons (Fsp3) is 0.286. The number of hydrogen-bond acceptors (Lipinski definition) is 6. The van der Waals surface area contributed by atoms with Gasteiger partial charge in [0.05, 0.1) is 25.6 Å². The summed E-state index contributed by atoms with van der Waals surface area (Å²) in [5.74, 6) is 0.239. The zero-order valence-corrected chi connectivity index (χ0v) is 20.1. The van der Waals surface area contributed by atoms with Gasteiger partial charge in [-0.15, -0.1) is 0 Å². The number of Topliss-reactive ketones (excluding diaryl/α,β-unsaturated/α-hetero) is 1. The van der Waals surface area contributed by atoms with Crippen LogP contribution in [0.15, 0.2) is 70.9 Å². The van der Waals surface area contributed by atoms with E-state index in [1.807, 2.05) is 38.1 Å². The lowest BCUT2D eigenvalue weighted by Gasteiger charge is -2.23. The van der Waals surface area contributed by atoms with Crippen molar-refractivity contribution in [3.8, 4) is 11.5 Å². The molecule has 0 bridgehead atoms. The number of carbonyl (C=O) groups is 2. The molecule has 1 aliphatic heterocycles. The molecule has 2 aromatic carbocycles. The van der Waals surface area contributed by atoms with Gasteiger partial charge in [0.15, 0.2) is 0 Å². The zero-order chi connectivity index (χ0) is 24.9. The Labute approximate surface area is 204 Å². The zero-order valence-electron chi connectivity index (χ0n) is 20.1. The Balaban J connectivity index is 1.67. The number of carbonyl (C=O) groups excluding carboxylic acids is 2. The fourth-order valence-corrected chi connectivity index (χ4v) is 4.22. The van der Waals surface area contributed by atoms with E-state index in [0.29, 0.717) is 30.1 Å². The molecule has 1 aromatic heterocycles. The molecule has 1 fully saturated rings. The molecule has 1 amide bonds. The van der Waals surface area contributed by atoms with Crippen LogP contribution < -0.4 is 9.47 Å². The number of rotatable bonds is 9. The molecule has 0 spiro atoms. The van der Waals surface area contributed by atoms with Crippen molar-refractivity contribution in [2.75, 3.05) is 20.3 Å². The van der Waals surface area contributed by atoms with E-state index in [-0.39, 0.29) is 17.9 Å². The van der Waals surface area contributed by atoms with Gasteiger partial charge in [-0.05, 0) is 73.4 Å². The fourth-order valence-electron chi connectivity index (χ4n) is 4.22. The molecule has 1 unspecified atom stereocenters. The molecule has 35 heavy (non-hydrogen) atoms. The van der Waals surface area contributed by atoms with Crippen molar-refractivity contribution in [3.63, 3.8) is 0 Å². The minimum absolute atomic E-state index is 0.0151. The van der Waals surface area contributed by atoms with E-state index in [1.54, 1.807) is 37.4 Å². The van der Waals surface area contributed by atoms with E-state index >= 15 is 0 Å². The molecule has 7 heteroatoms. The van der Waals surface area contributed by atoms with Gasteiger partial charge in [0.25, 0.3) is 11.7 Å². The number of likely N-dealkylation sites (tertiary alicyclic amines) is 1. The van der Waals surface area contributed by atoms with Crippen LogP contribution in [0.5, 0.6) is 11.5 Å². The van der Waals surface area contributed by atoms with E-state index in [9.17, 15) is 14.7 Å². The molecule has 1 saturated heterocycles. The number of benzene rings is 2. The lowest BCUT2D eigenvalue weighted by atomic mass is 9.98. The predicted molar refractivity (Wildman–Crippen MR) is 131 cm³/mol. The molecule has 0 saturated carbocycles. The van der Waals surface area contributed by atoms with Crippen LogP contribution in [0.1, 0.15) is 41.8 Å². The third kappa shape index (κ3) is 4.94. The van der Waals surface area contributed by atoms with Crippen LogP contribution in [0, 0.1) is 6.92 Å². The second-order valence-corrected chi connectivity index (χ2v) is 8.43. The molecule has 4 rings (SSSR count). The number of amides is 1. The van der Waals surface area contributed by atoms with Crippen LogP contribution in [-0.2, 0) is 16.0 Å². The third-order valence-electron chi connectivity index (χ3n) is 6.06. The smallest absolute Gasteiger partial charge is 0.295 e. The monoisotopic (exact) mass is 475 g/mol. The van der Waals surface area contributed by atoms with Crippen molar-refractivity contribution in [2.45, 2.75) is 32.7 Å². The molecule has 1 atom stereocenters. The number of aliphatic hydroxyl groups is 1. The number of aliphatic hydroxyl groups excluding tert-OH is 1. The Bertz CT molecular complexity index is 1230. The molecule has 1 aliphatic rings. The molecule has 3 aromatic rings. The van der Waals surface area contributed by atoms with Gasteiger partial charge in [0.1, 0.15) is 29.1 Å². The molecule has 0 radical (unpaired) electrons. The highest BCUT2D eigenvalue weighted by atomic mass is 16.5. The van der Waals surface area contributed by atoms with Crippen molar-refractivity contribution in [1.82, 2.24) is 4.90 Å².